The van der Waals surface area contributed by atoms with Gasteiger partial charge >= 0.3 is 0 Å². The smallest absolute Gasteiger partial charge is 0.284 e. The van der Waals surface area contributed by atoms with Crippen molar-refractivity contribution in [1.82, 2.24) is 0 Å². The Bertz CT molecular complexity index is 450. The third-order valence-corrected chi connectivity index (χ3v) is 2.07. The zero-order valence-corrected chi connectivity index (χ0v) is 8.65. The Morgan fingerprint density at radius 2 is 1.88 bits per heavy atom. The number of furan rings is 1. The molecule has 0 radical (unpaired) electrons. The summed E-state index contributed by atoms with van der Waals surface area (Å²) in [5, 5.41) is 0. The van der Waals surface area contributed by atoms with E-state index in [-0.39, 0.29) is 5.82 Å². The number of halogens is 1. The van der Waals surface area contributed by atoms with Gasteiger partial charge in [0.05, 0.1) is 0 Å². The molecule has 0 spiro atoms. The van der Waals surface area contributed by atoms with Crippen LogP contribution in [-0.2, 0) is 0 Å². The van der Waals surface area contributed by atoms with Crippen molar-refractivity contribution < 1.29 is 13.5 Å². The van der Waals surface area contributed by atoms with Gasteiger partial charge in [0.15, 0.2) is 0 Å². The van der Waals surface area contributed by atoms with Gasteiger partial charge in [0.2, 0.25) is 0 Å². The van der Waals surface area contributed by atoms with Gasteiger partial charge in [-0.1, -0.05) is 0 Å². The van der Waals surface area contributed by atoms with Gasteiger partial charge < -0.3 is 14.9 Å². The summed E-state index contributed by atoms with van der Waals surface area (Å²) in [5.74, 6) is 0.798. The summed E-state index contributed by atoms with van der Waals surface area (Å²) in [7, 11) is 0. The summed E-state index contributed by atoms with van der Waals surface area (Å²) in [4.78, 5) is 0. The second kappa shape index (κ2) is 4.81. The molecule has 16 heavy (non-hydrogen) atoms. The first-order valence-corrected chi connectivity index (χ1v) is 4.98. The Kier molecular flexibility index (Phi) is 3.22. The van der Waals surface area contributed by atoms with Crippen LogP contribution in [0, 0.1) is 5.82 Å². The number of benzene rings is 1. The van der Waals surface area contributed by atoms with Gasteiger partial charge in [0, 0.05) is 18.2 Å². The van der Waals surface area contributed by atoms with Gasteiger partial charge in [-0.25, -0.2) is 4.39 Å². The van der Waals surface area contributed by atoms with Crippen molar-refractivity contribution in [3.05, 3.63) is 42.2 Å². The number of ether oxygens (including phenoxy) is 1. The fourth-order valence-corrected chi connectivity index (χ4v) is 1.33. The first-order chi connectivity index (χ1) is 7.79. The quantitative estimate of drug-likeness (QED) is 0.862. The lowest BCUT2D eigenvalue weighted by molar-refractivity contribution is 0.253. The standard InChI is InChI=1S/C12H12FNO2/c13-10-3-1-9(2-4-10)11-5-6-12(16-11)15-8-7-14/h1-6H,7-8,14H2. The van der Waals surface area contributed by atoms with E-state index in [9.17, 15) is 4.39 Å². The molecule has 0 aliphatic carbocycles. The number of nitrogens with two attached hydrogens (primary N) is 1. The van der Waals surface area contributed by atoms with Crippen LogP contribution in [0.3, 0.4) is 0 Å². The highest BCUT2D eigenvalue weighted by Crippen LogP contribution is 2.26. The van der Waals surface area contributed by atoms with Crippen molar-refractivity contribution in [3.8, 4) is 17.3 Å². The van der Waals surface area contributed by atoms with Crippen molar-refractivity contribution in [2.75, 3.05) is 13.2 Å². The predicted octanol–water partition coefficient (Wildman–Crippen LogP) is 2.42. The molecule has 1 heterocycles. The van der Waals surface area contributed by atoms with Gasteiger partial charge in [-0.05, 0) is 30.3 Å². The van der Waals surface area contributed by atoms with E-state index in [2.05, 4.69) is 0 Å². The van der Waals surface area contributed by atoms with E-state index in [1.54, 1.807) is 24.3 Å². The van der Waals surface area contributed by atoms with E-state index >= 15 is 0 Å². The van der Waals surface area contributed by atoms with Gasteiger partial charge in [-0.15, -0.1) is 0 Å². The van der Waals surface area contributed by atoms with Gasteiger partial charge in [0.25, 0.3) is 5.95 Å². The maximum absolute atomic E-state index is 12.7. The molecule has 2 N–H and O–H groups in total. The lowest BCUT2D eigenvalue weighted by Crippen LogP contribution is -2.10. The molecule has 84 valence electrons. The summed E-state index contributed by atoms with van der Waals surface area (Å²) in [6.45, 7) is 0.850. The third kappa shape index (κ3) is 2.41. The van der Waals surface area contributed by atoms with Crippen LogP contribution in [0.15, 0.2) is 40.8 Å². The minimum absolute atomic E-state index is 0.269. The Hall–Kier alpha value is -1.81. The minimum Gasteiger partial charge on any atom is -0.464 e. The van der Waals surface area contributed by atoms with Gasteiger partial charge in [0.1, 0.15) is 18.2 Å². The van der Waals surface area contributed by atoms with Crippen molar-refractivity contribution in [3.63, 3.8) is 0 Å². The highest BCUT2D eigenvalue weighted by Gasteiger charge is 2.05. The molecule has 1 aromatic carbocycles. The van der Waals surface area contributed by atoms with Crippen molar-refractivity contribution in [2.24, 2.45) is 5.73 Å². The van der Waals surface area contributed by atoms with Gasteiger partial charge in [-0.2, -0.15) is 0 Å². The Labute approximate surface area is 92.6 Å². The summed E-state index contributed by atoms with van der Waals surface area (Å²) < 4.78 is 23.3. The van der Waals surface area contributed by atoms with E-state index in [1.165, 1.54) is 12.1 Å². The topological polar surface area (TPSA) is 48.4 Å². The lowest BCUT2D eigenvalue weighted by atomic mass is 10.2. The van der Waals surface area contributed by atoms with E-state index in [0.29, 0.717) is 24.9 Å². The molecule has 0 fully saturated rings. The molecular weight excluding hydrogens is 209 g/mol. The lowest BCUT2D eigenvalue weighted by Gasteiger charge is -1.99. The van der Waals surface area contributed by atoms with Crippen LogP contribution in [-0.4, -0.2) is 13.2 Å². The van der Waals surface area contributed by atoms with Gasteiger partial charge in [-0.3, -0.25) is 0 Å². The fourth-order valence-electron chi connectivity index (χ4n) is 1.33. The molecule has 2 rings (SSSR count). The van der Waals surface area contributed by atoms with Crippen molar-refractivity contribution in [1.29, 1.82) is 0 Å². The first kappa shape index (κ1) is 10.7. The molecule has 0 unspecified atom stereocenters. The normalized spacial score (nSPS) is 10.4. The largest absolute Gasteiger partial charge is 0.464 e. The monoisotopic (exact) mass is 221 g/mol. The Morgan fingerprint density at radius 3 is 2.56 bits per heavy atom. The van der Waals surface area contributed by atoms with E-state index < -0.39 is 0 Å². The van der Waals surface area contributed by atoms with Crippen LogP contribution in [0.2, 0.25) is 0 Å². The van der Waals surface area contributed by atoms with E-state index in [0.717, 1.165) is 5.56 Å². The molecule has 0 saturated heterocycles. The highest BCUT2D eigenvalue weighted by atomic mass is 19.1. The van der Waals surface area contributed by atoms with Crippen LogP contribution in [0.4, 0.5) is 4.39 Å². The molecule has 0 bridgehead atoms. The first-order valence-electron chi connectivity index (χ1n) is 4.98. The molecule has 1 aromatic heterocycles. The molecule has 0 saturated carbocycles. The number of hydrogen-bond donors (Lipinski definition) is 1. The van der Waals surface area contributed by atoms with E-state index in [1.807, 2.05) is 0 Å². The average molecular weight is 221 g/mol. The zero-order valence-electron chi connectivity index (χ0n) is 8.65. The summed E-state index contributed by atoms with van der Waals surface area (Å²) in [6.07, 6.45) is 0. The maximum atomic E-state index is 12.7. The molecule has 0 amide bonds. The van der Waals surface area contributed by atoms with Crippen LogP contribution < -0.4 is 10.5 Å². The SMILES string of the molecule is NCCOc1ccc(-c2ccc(F)cc2)o1. The van der Waals surface area contributed by atoms with Crippen molar-refractivity contribution >= 4 is 0 Å². The maximum Gasteiger partial charge on any atom is 0.284 e. The molecule has 3 nitrogen and oxygen atoms in total. The van der Waals surface area contributed by atoms with E-state index in [4.69, 9.17) is 14.9 Å². The fraction of sp³-hybridized carbons (Fsp3) is 0.167. The van der Waals surface area contributed by atoms with Crippen molar-refractivity contribution in [2.45, 2.75) is 0 Å². The average Bonchev–Trinajstić information content (AvgIpc) is 2.76. The summed E-state index contributed by atoms with van der Waals surface area (Å²) in [6, 6.07) is 9.58. The number of hydrogen-bond acceptors (Lipinski definition) is 3. The molecule has 2 aromatic rings. The highest BCUT2D eigenvalue weighted by molar-refractivity contribution is 5.57. The third-order valence-electron chi connectivity index (χ3n) is 2.07. The second-order valence-corrected chi connectivity index (χ2v) is 3.26. The molecule has 0 atom stereocenters. The van der Waals surface area contributed by atoms with Crippen LogP contribution in [0.25, 0.3) is 11.3 Å². The van der Waals surface area contributed by atoms with Crippen LogP contribution >= 0.6 is 0 Å². The molecular formula is C12H12FNO2. The molecule has 0 aliphatic heterocycles. The minimum atomic E-state index is -0.269. The molecule has 0 aliphatic rings. The zero-order chi connectivity index (χ0) is 11.4. The summed E-state index contributed by atoms with van der Waals surface area (Å²) in [5.41, 5.74) is 6.11. The molecule has 4 heteroatoms. The predicted molar refractivity (Wildman–Crippen MR) is 58.7 cm³/mol. The Morgan fingerprint density at radius 1 is 1.12 bits per heavy atom. The summed E-state index contributed by atoms with van der Waals surface area (Å²) >= 11 is 0. The Balaban J connectivity index is 2.15. The number of rotatable bonds is 4. The second-order valence-electron chi connectivity index (χ2n) is 3.26. The van der Waals surface area contributed by atoms with Crippen LogP contribution in [0.1, 0.15) is 0 Å². The van der Waals surface area contributed by atoms with Crippen LogP contribution in [0.5, 0.6) is 5.95 Å².